The molecule has 2 aromatic rings. The van der Waals surface area contributed by atoms with Gasteiger partial charge in [0.1, 0.15) is 0 Å². The van der Waals surface area contributed by atoms with Gasteiger partial charge < -0.3 is 9.13 Å². The first kappa shape index (κ1) is 41.9. The van der Waals surface area contributed by atoms with Crippen LogP contribution < -0.4 is 10.7 Å². The van der Waals surface area contributed by atoms with Gasteiger partial charge in [0.15, 0.2) is 0 Å². The molecule has 2 heterocycles. The van der Waals surface area contributed by atoms with Gasteiger partial charge in [0.05, 0.1) is 10.7 Å². The zero-order valence-corrected chi connectivity index (χ0v) is 31.3. The Labute approximate surface area is 286 Å². The minimum absolute atomic E-state index is 0. The highest BCUT2D eigenvalue weighted by Crippen LogP contribution is 2.10. The molecular weight excluding hydrogens is 660 g/mol. The van der Waals surface area contributed by atoms with E-state index in [-0.39, 0.29) is 34.0 Å². The average Bonchev–Trinajstić information content (AvgIpc) is 3.00. The fraction of sp³-hybridized carbons (Fsp3) is 0.730. The first-order valence-electron chi connectivity index (χ1n) is 17.6. The average molecular weight is 727 g/mol. The summed E-state index contributed by atoms with van der Waals surface area (Å²) < 4.78 is 4.64. The molecule has 0 saturated carbocycles. The van der Waals surface area contributed by atoms with E-state index in [1.807, 2.05) is 0 Å². The molecule has 43 heavy (non-hydrogen) atoms. The lowest BCUT2D eigenvalue weighted by Crippen LogP contribution is -2.07. The molecule has 248 valence electrons. The maximum Gasteiger partial charge on any atom is 0.0603 e. The third kappa shape index (κ3) is 23.9. The first-order chi connectivity index (χ1) is 20.3. The number of halogens is 2. The van der Waals surface area contributed by atoms with Gasteiger partial charge in [-0.05, 0) is 49.9 Å². The Hall–Kier alpha value is -1.14. The van der Waals surface area contributed by atoms with Crippen molar-refractivity contribution >= 4 is 34.0 Å². The summed E-state index contributed by atoms with van der Waals surface area (Å²) in [6.45, 7) is 8.74. The molecular formula is C37H66Br2N4. The molecule has 0 aliphatic heterocycles. The second kappa shape index (κ2) is 30.9. The van der Waals surface area contributed by atoms with Crippen molar-refractivity contribution in [3.8, 4) is 0 Å². The maximum absolute atomic E-state index is 4.76. The van der Waals surface area contributed by atoms with Gasteiger partial charge in [-0.15, -0.1) is 34.0 Å². The van der Waals surface area contributed by atoms with Crippen molar-refractivity contribution in [1.29, 1.82) is 0 Å². The van der Waals surface area contributed by atoms with Gasteiger partial charge in [-0.3, -0.25) is 9.98 Å². The molecule has 0 bridgehead atoms. The molecule has 0 radical (unpaired) electrons. The number of hydrogen-bond donors (Lipinski definition) is 0. The number of pyridine rings is 2. The first-order valence-corrected chi connectivity index (χ1v) is 17.6. The molecule has 2 aromatic heterocycles. The van der Waals surface area contributed by atoms with E-state index in [9.17, 15) is 0 Å². The molecule has 0 unspecified atom stereocenters. The summed E-state index contributed by atoms with van der Waals surface area (Å²) in [5.41, 5.74) is 0. The van der Waals surface area contributed by atoms with Gasteiger partial charge in [0.2, 0.25) is 0 Å². The Morgan fingerprint density at radius 1 is 0.395 bits per heavy atom. The van der Waals surface area contributed by atoms with Crippen LogP contribution in [0.15, 0.2) is 59.0 Å². The second-order valence-corrected chi connectivity index (χ2v) is 12.1. The zero-order chi connectivity index (χ0) is 29.1. The van der Waals surface area contributed by atoms with Gasteiger partial charge in [-0.1, -0.05) is 123 Å². The standard InChI is InChI=1S/C37H64N4.2BrH/c1-3-5-7-9-12-16-20-28-38-36-24-32-40(33-25-36)30-22-18-14-11-15-19-23-31-41-34-26-37(27-35-41)39-29-21-17-13-10-8-6-4-2;;/h24-27,32-35H,3-23,28-31H2,1-2H3;2*1H. The minimum Gasteiger partial charge on any atom is -0.354 e. The van der Waals surface area contributed by atoms with E-state index in [2.05, 4.69) is 72.0 Å². The van der Waals surface area contributed by atoms with Crippen molar-refractivity contribution in [2.24, 2.45) is 9.98 Å². The van der Waals surface area contributed by atoms with Crippen LogP contribution in [0.5, 0.6) is 0 Å². The molecule has 4 nitrogen and oxygen atoms in total. The molecule has 0 aliphatic carbocycles. The summed E-state index contributed by atoms with van der Waals surface area (Å²) in [6.07, 6.45) is 37.0. The van der Waals surface area contributed by atoms with Gasteiger partial charge in [0.25, 0.3) is 0 Å². The van der Waals surface area contributed by atoms with Gasteiger partial charge in [0, 0.05) is 51.0 Å². The zero-order valence-electron chi connectivity index (χ0n) is 27.9. The molecule has 0 N–H and O–H groups in total. The maximum atomic E-state index is 4.76. The topological polar surface area (TPSA) is 34.6 Å². The van der Waals surface area contributed by atoms with Gasteiger partial charge in [-0.25, -0.2) is 0 Å². The van der Waals surface area contributed by atoms with E-state index in [0.717, 1.165) is 36.9 Å². The van der Waals surface area contributed by atoms with E-state index >= 15 is 0 Å². The van der Waals surface area contributed by atoms with Crippen LogP contribution in [-0.2, 0) is 13.1 Å². The van der Waals surface area contributed by atoms with Gasteiger partial charge >= 0.3 is 0 Å². The summed E-state index contributed by atoms with van der Waals surface area (Å²) in [7, 11) is 0. The van der Waals surface area contributed by atoms with E-state index in [1.54, 1.807) is 0 Å². The normalized spacial score (nSPS) is 10.7. The summed E-state index contributed by atoms with van der Waals surface area (Å²) in [5, 5.41) is 2.27. The molecule has 0 aromatic carbocycles. The van der Waals surface area contributed by atoms with Crippen LogP contribution >= 0.6 is 34.0 Å². The number of hydrogen-bond acceptors (Lipinski definition) is 2. The molecule has 0 fully saturated rings. The van der Waals surface area contributed by atoms with E-state index in [1.165, 1.54) is 135 Å². The van der Waals surface area contributed by atoms with Crippen molar-refractivity contribution in [3.63, 3.8) is 0 Å². The van der Waals surface area contributed by atoms with Gasteiger partial charge in [-0.2, -0.15) is 0 Å². The SMILES string of the molecule is Br.Br.CCCCCCCCCN=c1ccn(CCCCCCCCCn2ccc(=NCCCCCCCCC)cc2)cc1. The van der Waals surface area contributed by atoms with Crippen molar-refractivity contribution < 1.29 is 0 Å². The van der Waals surface area contributed by atoms with Crippen LogP contribution in [0.3, 0.4) is 0 Å². The number of unbranched alkanes of at least 4 members (excludes halogenated alkanes) is 18. The largest absolute Gasteiger partial charge is 0.354 e. The number of aromatic nitrogens is 2. The molecule has 0 saturated heterocycles. The van der Waals surface area contributed by atoms with Crippen molar-refractivity contribution in [3.05, 3.63) is 59.8 Å². The van der Waals surface area contributed by atoms with Crippen molar-refractivity contribution in [2.45, 2.75) is 162 Å². The molecule has 0 spiro atoms. The van der Waals surface area contributed by atoms with E-state index < -0.39 is 0 Å². The second-order valence-electron chi connectivity index (χ2n) is 12.1. The molecule has 6 heteroatoms. The highest BCUT2D eigenvalue weighted by Gasteiger charge is 1.96. The van der Waals surface area contributed by atoms with Crippen LogP contribution in [0.4, 0.5) is 0 Å². The Morgan fingerprint density at radius 2 is 0.674 bits per heavy atom. The lowest BCUT2D eigenvalue weighted by Gasteiger charge is -2.07. The Bertz CT molecular complexity index is 878. The summed E-state index contributed by atoms with van der Waals surface area (Å²) in [4.78, 5) is 9.51. The molecule has 0 aliphatic rings. The number of nitrogens with zero attached hydrogens (tertiary/aromatic N) is 4. The van der Waals surface area contributed by atoms with Crippen LogP contribution in [-0.4, -0.2) is 22.2 Å². The third-order valence-corrected chi connectivity index (χ3v) is 8.19. The van der Waals surface area contributed by atoms with Crippen LogP contribution in [0.25, 0.3) is 0 Å². The van der Waals surface area contributed by atoms with E-state index in [0.29, 0.717) is 0 Å². The molecule has 2 rings (SSSR count). The predicted molar refractivity (Wildman–Crippen MR) is 199 cm³/mol. The highest BCUT2D eigenvalue weighted by atomic mass is 79.9. The summed E-state index contributed by atoms with van der Waals surface area (Å²) >= 11 is 0. The lowest BCUT2D eigenvalue weighted by atomic mass is 10.1. The predicted octanol–water partition coefficient (Wildman–Crippen LogP) is 11.2. The van der Waals surface area contributed by atoms with Crippen molar-refractivity contribution in [1.82, 2.24) is 9.13 Å². The van der Waals surface area contributed by atoms with Crippen LogP contribution in [0.2, 0.25) is 0 Å². The van der Waals surface area contributed by atoms with Crippen LogP contribution in [0, 0.1) is 0 Å². The highest BCUT2D eigenvalue weighted by molar-refractivity contribution is 8.93. The quantitative estimate of drug-likeness (QED) is 0.0866. The fourth-order valence-electron chi connectivity index (χ4n) is 5.43. The number of aryl methyl sites for hydroxylation is 2. The third-order valence-electron chi connectivity index (χ3n) is 8.19. The molecule has 0 amide bonds. The Balaban J connectivity index is 0.00000882. The number of rotatable bonds is 26. The summed E-state index contributed by atoms with van der Waals surface area (Å²) in [6, 6.07) is 8.72. The smallest absolute Gasteiger partial charge is 0.0603 e. The Morgan fingerprint density at radius 3 is 1.00 bits per heavy atom. The van der Waals surface area contributed by atoms with Crippen molar-refractivity contribution in [2.75, 3.05) is 13.1 Å². The monoisotopic (exact) mass is 724 g/mol. The summed E-state index contributed by atoms with van der Waals surface area (Å²) in [5.74, 6) is 0. The minimum atomic E-state index is 0. The Kier molecular flexibility index (Phi) is 30.0. The lowest BCUT2D eigenvalue weighted by molar-refractivity contribution is 0.527. The fourth-order valence-corrected chi connectivity index (χ4v) is 5.43. The van der Waals surface area contributed by atoms with E-state index in [4.69, 9.17) is 9.98 Å². The van der Waals surface area contributed by atoms with Crippen LogP contribution in [0.1, 0.15) is 149 Å². The molecule has 0 atom stereocenters.